The molecule has 2 bridgehead atoms. The maximum atomic E-state index is 13.5. The number of aryl methyl sites for hydroxylation is 1. The van der Waals surface area contributed by atoms with Crippen LogP contribution < -0.4 is 4.90 Å². The molecule has 9 nitrogen and oxygen atoms in total. The molecular weight excluding hydrogens is 392 g/mol. The number of rotatable bonds is 3. The van der Waals surface area contributed by atoms with Crippen molar-refractivity contribution in [3.8, 4) is 5.69 Å². The standard InChI is InChI=1S/C22H22N8O/c1-27-19-7-4-10-23-20(19)21(26-27)29-15-8-9-16(29)14-28(13-15)22(31)17-5-2-3-6-18(17)30-24-11-12-25-30/h2-7,10-12,15-16H,8-9,13-14H2,1H3. The van der Waals surface area contributed by atoms with Gasteiger partial charge in [-0.1, -0.05) is 12.1 Å². The van der Waals surface area contributed by atoms with Crippen LogP contribution in [0.1, 0.15) is 23.2 Å². The zero-order valence-corrected chi connectivity index (χ0v) is 17.2. The normalized spacial score (nSPS) is 20.5. The number of pyridine rings is 1. The second kappa shape index (κ2) is 6.90. The highest BCUT2D eigenvalue weighted by molar-refractivity contribution is 5.98. The molecule has 0 N–H and O–H groups in total. The van der Waals surface area contributed by atoms with Gasteiger partial charge in [-0.25, -0.2) is 0 Å². The summed E-state index contributed by atoms with van der Waals surface area (Å²) in [6, 6.07) is 12.0. The fourth-order valence-electron chi connectivity index (χ4n) is 5.00. The summed E-state index contributed by atoms with van der Waals surface area (Å²) >= 11 is 0. The fraction of sp³-hybridized carbons (Fsp3) is 0.318. The number of hydrogen-bond donors (Lipinski definition) is 0. The molecule has 2 aliphatic rings. The van der Waals surface area contributed by atoms with Crippen LogP contribution in [0.25, 0.3) is 16.7 Å². The minimum absolute atomic E-state index is 0.0217. The summed E-state index contributed by atoms with van der Waals surface area (Å²) in [7, 11) is 1.95. The first-order valence-corrected chi connectivity index (χ1v) is 10.5. The molecule has 5 heterocycles. The first kappa shape index (κ1) is 18.1. The molecule has 3 aromatic heterocycles. The van der Waals surface area contributed by atoms with Crippen molar-refractivity contribution >= 4 is 22.8 Å². The van der Waals surface area contributed by atoms with Gasteiger partial charge in [0.1, 0.15) is 5.52 Å². The lowest BCUT2D eigenvalue weighted by Gasteiger charge is -2.41. The van der Waals surface area contributed by atoms with Crippen LogP contribution in [0.3, 0.4) is 0 Å². The number of fused-ring (bicyclic) bond motifs is 3. The Morgan fingerprint density at radius 3 is 2.48 bits per heavy atom. The fourth-order valence-corrected chi connectivity index (χ4v) is 5.00. The van der Waals surface area contributed by atoms with Crippen LogP contribution in [-0.2, 0) is 7.05 Å². The average molecular weight is 414 g/mol. The van der Waals surface area contributed by atoms with Gasteiger partial charge in [0.25, 0.3) is 5.91 Å². The highest BCUT2D eigenvalue weighted by Crippen LogP contribution is 2.37. The third-order valence-corrected chi connectivity index (χ3v) is 6.37. The third kappa shape index (κ3) is 2.80. The molecule has 1 amide bonds. The van der Waals surface area contributed by atoms with Gasteiger partial charge in [0.05, 0.1) is 29.2 Å². The van der Waals surface area contributed by atoms with Crippen molar-refractivity contribution in [1.29, 1.82) is 0 Å². The Bertz CT molecular complexity index is 1250. The van der Waals surface area contributed by atoms with E-state index in [0.29, 0.717) is 24.3 Å². The Morgan fingerprint density at radius 1 is 0.968 bits per heavy atom. The van der Waals surface area contributed by atoms with Crippen LogP contribution >= 0.6 is 0 Å². The molecule has 0 saturated carbocycles. The van der Waals surface area contributed by atoms with Crippen LogP contribution in [0.4, 0.5) is 5.82 Å². The van der Waals surface area contributed by atoms with Crippen LogP contribution in [0.2, 0.25) is 0 Å². The van der Waals surface area contributed by atoms with E-state index in [-0.39, 0.29) is 18.0 Å². The van der Waals surface area contributed by atoms with Gasteiger partial charge in [0.2, 0.25) is 0 Å². The minimum Gasteiger partial charge on any atom is -0.344 e. The van der Waals surface area contributed by atoms with Crippen molar-refractivity contribution in [3.63, 3.8) is 0 Å². The number of carbonyl (C=O) groups is 1. The first-order valence-electron chi connectivity index (χ1n) is 10.5. The second-order valence-corrected chi connectivity index (χ2v) is 8.16. The van der Waals surface area contributed by atoms with Gasteiger partial charge in [-0.2, -0.15) is 20.1 Å². The number of benzene rings is 1. The molecule has 2 aliphatic heterocycles. The molecule has 0 radical (unpaired) electrons. The molecule has 0 spiro atoms. The topological polar surface area (TPSA) is 85.0 Å². The number of anilines is 1. The number of piperazine rings is 1. The quantitative estimate of drug-likeness (QED) is 0.510. The molecular formula is C22H22N8O. The Kier molecular flexibility index (Phi) is 4.02. The van der Waals surface area contributed by atoms with E-state index in [1.54, 1.807) is 12.4 Å². The monoisotopic (exact) mass is 414 g/mol. The zero-order valence-electron chi connectivity index (χ0n) is 17.2. The molecule has 2 unspecified atom stereocenters. The molecule has 156 valence electrons. The van der Waals surface area contributed by atoms with E-state index < -0.39 is 0 Å². The van der Waals surface area contributed by atoms with Crippen molar-refractivity contribution in [1.82, 2.24) is 34.7 Å². The number of amides is 1. The van der Waals surface area contributed by atoms with E-state index in [4.69, 9.17) is 5.10 Å². The highest BCUT2D eigenvalue weighted by atomic mass is 16.2. The lowest BCUT2D eigenvalue weighted by atomic mass is 10.1. The first-order chi connectivity index (χ1) is 15.2. The Labute approximate surface area is 178 Å². The van der Waals surface area contributed by atoms with Crippen molar-refractivity contribution in [2.24, 2.45) is 7.05 Å². The predicted molar refractivity (Wildman–Crippen MR) is 115 cm³/mol. The van der Waals surface area contributed by atoms with Gasteiger partial charge in [-0.15, -0.1) is 0 Å². The van der Waals surface area contributed by atoms with E-state index in [0.717, 1.165) is 29.7 Å². The maximum absolute atomic E-state index is 13.5. The predicted octanol–water partition coefficient (Wildman–Crippen LogP) is 2.04. The largest absolute Gasteiger partial charge is 0.344 e. The molecule has 2 atom stereocenters. The van der Waals surface area contributed by atoms with Crippen molar-refractivity contribution in [3.05, 3.63) is 60.6 Å². The summed E-state index contributed by atoms with van der Waals surface area (Å²) in [6.45, 7) is 1.34. The Hall–Kier alpha value is -3.75. The van der Waals surface area contributed by atoms with E-state index in [2.05, 4.69) is 20.1 Å². The number of para-hydroxylation sites is 1. The molecule has 2 fully saturated rings. The summed E-state index contributed by atoms with van der Waals surface area (Å²) in [5, 5.41) is 13.2. The van der Waals surface area contributed by atoms with Gasteiger partial charge in [-0.05, 0) is 37.1 Å². The molecule has 2 saturated heterocycles. The summed E-state index contributed by atoms with van der Waals surface area (Å²) in [5.74, 6) is 0.951. The molecule has 6 rings (SSSR count). The molecule has 9 heteroatoms. The minimum atomic E-state index is 0.0217. The average Bonchev–Trinajstić information content (AvgIpc) is 3.51. The molecule has 31 heavy (non-hydrogen) atoms. The van der Waals surface area contributed by atoms with Gasteiger partial charge in [0, 0.05) is 38.4 Å². The van der Waals surface area contributed by atoms with Crippen molar-refractivity contribution < 1.29 is 4.79 Å². The summed E-state index contributed by atoms with van der Waals surface area (Å²) in [5.41, 5.74) is 3.27. The van der Waals surface area contributed by atoms with Crippen molar-refractivity contribution in [2.45, 2.75) is 24.9 Å². The molecule has 0 aliphatic carbocycles. The van der Waals surface area contributed by atoms with Gasteiger partial charge < -0.3 is 9.80 Å². The van der Waals surface area contributed by atoms with Crippen LogP contribution in [0, 0.1) is 0 Å². The van der Waals surface area contributed by atoms with Gasteiger partial charge in [-0.3, -0.25) is 14.5 Å². The lowest BCUT2D eigenvalue weighted by molar-refractivity contribution is 0.0717. The van der Waals surface area contributed by atoms with E-state index >= 15 is 0 Å². The number of carbonyl (C=O) groups excluding carboxylic acids is 1. The maximum Gasteiger partial charge on any atom is 0.256 e. The summed E-state index contributed by atoms with van der Waals surface area (Å²) in [4.78, 5) is 24.0. The Balaban J connectivity index is 1.31. The molecule has 1 aromatic carbocycles. The summed E-state index contributed by atoms with van der Waals surface area (Å²) < 4.78 is 1.89. The number of nitrogens with zero attached hydrogens (tertiary/aromatic N) is 8. The lowest BCUT2D eigenvalue weighted by Crippen LogP contribution is -2.55. The SMILES string of the molecule is Cn1nc(N2C3CCC2CN(C(=O)c2ccccc2-n2nccn2)C3)c2ncccc21. The van der Waals surface area contributed by atoms with Crippen LogP contribution in [-0.4, -0.2) is 65.7 Å². The number of aromatic nitrogens is 6. The van der Waals surface area contributed by atoms with E-state index in [1.807, 2.05) is 59.2 Å². The second-order valence-electron chi connectivity index (χ2n) is 8.16. The van der Waals surface area contributed by atoms with Crippen LogP contribution in [0.15, 0.2) is 55.0 Å². The van der Waals surface area contributed by atoms with E-state index in [9.17, 15) is 4.79 Å². The Morgan fingerprint density at radius 2 is 1.71 bits per heavy atom. The molecule has 4 aromatic rings. The summed E-state index contributed by atoms with van der Waals surface area (Å²) in [6.07, 6.45) is 7.13. The highest BCUT2D eigenvalue weighted by Gasteiger charge is 2.43. The number of hydrogen-bond acceptors (Lipinski definition) is 6. The van der Waals surface area contributed by atoms with Gasteiger partial charge in [0.15, 0.2) is 5.82 Å². The van der Waals surface area contributed by atoms with Gasteiger partial charge >= 0.3 is 0 Å². The van der Waals surface area contributed by atoms with Crippen LogP contribution in [0.5, 0.6) is 0 Å². The number of likely N-dealkylation sites (tertiary alicyclic amines) is 1. The third-order valence-electron chi connectivity index (χ3n) is 6.37. The van der Waals surface area contributed by atoms with E-state index in [1.165, 1.54) is 4.80 Å². The smallest absolute Gasteiger partial charge is 0.256 e. The zero-order chi connectivity index (χ0) is 20.9. The van der Waals surface area contributed by atoms with Crippen molar-refractivity contribution in [2.75, 3.05) is 18.0 Å².